The van der Waals surface area contributed by atoms with Crippen LogP contribution < -0.4 is 18.9 Å². The molecule has 0 atom stereocenters. The van der Waals surface area contributed by atoms with Gasteiger partial charge in [0.15, 0.2) is 23.0 Å². The predicted molar refractivity (Wildman–Crippen MR) is 116 cm³/mol. The molecule has 156 valence electrons. The molecule has 4 heteroatoms. The molecule has 4 rings (SSSR count). The van der Waals surface area contributed by atoms with E-state index in [1.165, 1.54) is 0 Å². The highest BCUT2D eigenvalue weighted by molar-refractivity contribution is 5.41. The number of rotatable bonds is 0. The molecule has 2 aromatic carbocycles. The van der Waals surface area contributed by atoms with E-state index in [0.717, 1.165) is 54.5 Å². The summed E-state index contributed by atoms with van der Waals surface area (Å²) in [5.74, 6) is 5.09. The van der Waals surface area contributed by atoms with Crippen LogP contribution >= 0.6 is 0 Å². The zero-order valence-electron chi connectivity index (χ0n) is 18.2. The minimum Gasteiger partial charge on any atom is -0.490 e. The van der Waals surface area contributed by atoms with Gasteiger partial charge in [0.2, 0.25) is 6.79 Å². The van der Waals surface area contributed by atoms with Gasteiger partial charge in [-0.05, 0) is 36.1 Å². The van der Waals surface area contributed by atoms with Crippen LogP contribution in [0.5, 0.6) is 23.0 Å². The summed E-state index contributed by atoms with van der Waals surface area (Å²) in [6.45, 7) is 14.9. The quantitative estimate of drug-likeness (QED) is 0.510. The molecule has 2 aliphatic heterocycles. The summed E-state index contributed by atoms with van der Waals surface area (Å²) in [5, 5.41) is 0. The van der Waals surface area contributed by atoms with Gasteiger partial charge < -0.3 is 18.9 Å². The molecule has 28 heavy (non-hydrogen) atoms. The summed E-state index contributed by atoms with van der Waals surface area (Å²) < 4.78 is 21.0. The van der Waals surface area contributed by atoms with Gasteiger partial charge in [0.25, 0.3) is 0 Å². The average molecular weight is 389 g/mol. The zero-order chi connectivity index (χ0) is 20.8. The summed E-state index contributed by atoms with van der Waals surface area (Å²) in [6, 6.07) is 15.4. The van der Waals surface area contributed by atoms with Gasteiger partial charge in [-0.3, -0.25) is 0 Å². The van der Waals surface area contributed by atoms with Crippen molar-refractivity contribution in [1.82, 2.24) is 0 Å². The summed E-state index contributed by atoms with van der Waals surface area (Å²) >= 11 is 0. The SMILES string of the molecule is CC(C)C.CC(C)C.c1ccc2c(c1)OCCCO2.c1ccc2c(c1)OCO2. The van der Waals surface area contributed by atoms with Gasteiger partial charge in [0.05, 0.1) is 13.2 Å². The number of hydrogen-bond acceptors (Lipinski definition) is 4. The minimum atomic E-state index is 0.360. The van der Waals surface area contributed by atoms with Crippen LogP contribution in [-0.4, -0.2) is 20.0 Å². The Kier molecular flexibility index (Phi) is 11.6. The lowest BCUT2D eigenvalue weighted by molar-refractivity contribution is 0.174. The largest absolute Gasteiger partial charge is 0.490 e. The molecule has 0 fully saturated rings. The number of hydrogen-bond donors (Lipinski definition) is 0. The summed E-state index contributed by atoms with van der Waals surface area (Å²) in [7, 11) is 0. The van der Waals surface area contributed by atoms with Crippen LogP contribution in [0.2, 0.25) is 0 Å². The van der Waals surface area contributed by atoms with Crippen LogP contribution in [0.3, 0.4) is 0 Å². The monoisotopic (exact) mass is 388 g/mol. The second-order valence-electron chi connectivity index (χ2n) is 7.81. The molecule has 2 aliphatic rings. The Hall–Kier alpha value is -2.36. The van der Waals surface area contributed by atoms with Crippen molar-refractivity contribution in [2.24, 2.45) is 11.8 Å². The lowest BCUT2D eigenvalue weighted by Gasteiger charge is -2.04. The number of fused-ring (bicyclic) bond motifs is 2. The van der Waals surface area contributed by atoms with Gasteiger partial charge in [0.1, 0.15) is 0 Å². The van der Waals surface area contributed by atoms with Crippen molar-refractivity contribution in [3.8, 4) is 23.0 Å². The molecule has 0 aliphatic carbocycles. The van der Waals surface area contributed by atoms with Crippen LogP contribution in [0.4, 0.5) is 0 Å². The molecule has 0 N–H and O–H groups in total. The molecule has 0 amide bonds. The molecule has 2 heterocycles. The number of ether oxygens (including phenoxy) is 4. The van der Waals surface area contributed by atoms with E-state index < -0.39 is 0 Å². The van der Waals surface area contributed by atoms with E-state index in [9.17, 15) is 0 Å². The first-order chi connectivity index (χ1) is 13.4. The summed E-state index contributed by atoms with van der Waals surface area (Å²) in [6.07, 6.45) is 0.967. The smallest absolute Gasteiger partial charge is 0.231 e. The summed E-state index contributed by atoms with van der Waals surface area (Å²) in [5.41, 5.74) is 0. The Bertz CT molecular complexity index is 593. The van der Waals surface area contributed by atoms with Crippen molar-refractivity contribution in [3.05, 3.63) is 48.5 Å². The van der Waals surface area contributed by atoms with Crippen LogP contribution in [0.15, 0.2) is 48.5 Å². The van der Waals surface area contributed by atoms with Crippen molar-refractivity contribution in [1.29, 1.82) is 0 Å². The maximum atomic E-state index is 5.42. The summed E-state index contributed by atoms with van der Waals surface area (Å²) in [4.78, 5) is 0. The van der Waals surface area contributed by atoms with Crippen LogP contribution in [0.25, 0.3) is 0 Å². The number of para-hydroxylation sites is 4. The van der Waals surface area contributed by atoms with Crippen LogP contribution in [0.1, 0.15) is 48.0 Å². The van der Waals surface area contributed by atoms with E-state index in [4.69, 9.17) is 18.9 Å². The van der Waals surface area contributed by atoms with Crippen molar-refractivity contribution in [2.45, 2.75) is 48.0 Å². The molecule has 0 bridgehead atoms. The highest BCUT2D eigenvalue weighted by Crippen LogP contribution is 2.30. The molecule has 4 nitrogen and oxygen atoms in total. The fraction of sp³-hybridized carbons (Fsp3) is 0.500. The molecular weight excluding hydrogens is 352 g/mol. The first-order valence-corrected chi connectivity index (χ1v) is 10.1. The van der Waals surface area contributed by atoms with Gasteiger partial charge in [-0.25, -0.2) is 0 Å². The van der Waals surface area contributed by atoms with Crippen molar-refractivity contribution >= 4 is 0 Å². The first kappa shape index (κ1) is 23.7. The Morgan fingerprint density at radius 2 is 0.821 bits per heavy atom. The van der Waals surface area contributed by atoms with Crippen molar-refractivity contribution in [2.75, 3.05) is 20.0 Å². The lowest BCUT2D eigenvalue weighted by atomic mass is 10.3. The second-order valence-corrected chi connectivity index (χ2v) is 7.81. The van der Waals surface area contributed by atoms with Gasteiger partial charge in [-0.1, -0.05) is 65.8 Å². The maximum absolute atomic E-state index is 5.42. The zero-order valence-corrected chi connectivity index (χ0v) is 18.2. The van der Waals surface area contributed by atoms with Crippen LogP contribution in [0, 0.1) is 11.8 Å². The fourth-order valence-electron chi connectivity index (χ4n) is 1.96. The Morgan fingerprint density at radius 3 is 1.14 bits per heavy atom. The Morgan fingerprint density at radius 1 is 0.536 bits per heavy atom. The molecule has 0 radical (unpaired) electrons. The third-order valence-electron chi connectivity index (χ3n) is 2.93. The number of benzene rings is 2. The van der Waals surface area contributed by atoms with E-state index in [-0.39, 0.29) is 0 Å². The fourth-order valence-corrected chi connectivity index (χ4v) is 1.96. The molecular formula is C24H36O4. The molecule has 2 aromatic rings. The van der Waals surface area contributed by atoms with E-state index in [1.807, 2.05) is 48.5 Å². The highest BCUT2D eigenvalue weighted by Gasteiger charge is 2.09. The van der Waals surface area contributed by atoms with Gasteiger partial charge >= 0.3 is 0 Å². The maximum Gasteiger partial charge on any atom is 0.231 e. The van der Waals surface area contributed by atoms with E-state index in [0.29, 0.717) is 6.79 Å². The minimum absolute atomic E-state index is 0.360. The predicted octanol–water partition coefficient (Wildman–Crippen LogP) is 6.59. The van der Waals surface area contributed by atoms with Gasteiger partial charge in [-0.15, -0.1) is 0 Å². The normalized spacial score (nSPS) is 13.1. The Labute approximate surface area is 170 Å². The van der Waals surface area contributed by atoms with Gasteiger partial charge in [0, 0.05) is 6.42 Å². The lowest BCUT2D eigenvalue weighted by Crippen LogP contribution is -1.97. The molecule has 0 aromatic heterocycles. The molecule has 0 spiro atoms. The van der Waals surface area contributed by atoms with Crippen molar-refractivity contribution in [3.63, 3.8) is 0 Å². The van der Waals surface area contributed by atoms with Crippen LogP contribution in [-0.2, 0) is 0 Å². The Balaban J connectivity index is 0.000000208. The molecule has 0 saturated heterocycles. The van der Waals surface area contributed by atoms with Gasteiger partial charge in [-0.2, -0.15) is 0 Å². The third-order valence-corrected chi connectivity index (χ3v) is 2.93. The van der Waals surface area contributed by atoms with Crippen molar-refractivity contribution < 1.29 is 18.9 Å². The van der Waals surface area contributed by atoms with E-state index in [1.54, 1.807) is 0 Å². The first-order valence-electron chi connectivity index (χ1n) is 10.1. The van der Waals surface area contributed by atoms with E-state index in [2.05, 4.69) is 41.5 Å². The third kappa shape index (κ3) is 10.7. The second kappa shape index (κ2) is 13.8. The molecule has 0 unspecified atom stereocenters. The topological polar surface area (TPSA) is 36.9 Å². The highest BCUT2D eigenvalue weighted by atomic mass is 16.7. The average Bonchev–Trinajstić information content (AvgIpc) is 2.98. The van der Waals surface area contributed by atoms with E-state index >= 15 is 0 Å². The molecule has 0 saturated carbocycles. The standard InChI is InChI=1S/C9H10O2.C7H6O2.2C4H10/c1-2-5-9-8(4-1)10-6-3-7-11-9;1-2-4-7-6(3-1)8-5-9-7;2*1-4(2)3/h1-2,4-5H,3,6-7H2;1-4H,5H2;2*4H,1-3H3.